The highest BCUT2D eigenvalue weighted by Gasteiger charge is 2.34. The van der Waals surface area contributed by atoms with Gasteiger partial charge in [-0.05, 0) is 31.2 Å². The summed E-state index contributed by atoms with van der Waals surface area (Å²) in [5.74, 6) is 3.53. The SMILES string of the molecule is C#CCCN(C)C(=O)CN1CC(C)n2nc(-c3ccc(C#C)cc3N(C)C(=O)CC(F)(F)P)cc2C1=O. The van der Waals surface area contributed by atoms with E-state index in [1.165, 1.54) is 32.2 Å². The number of aromatic nitrogens is 2. The third-order valence-electron chi connectivity index (χ3n) is 6.05. The summed E-state index contributed by atoms with van der Waals surface area (Å²) in [5.41, 5.74) is -1.45. The molecule has 37 heavy (non-hydrogen) atoms. The summed E-state index contributed by atoms with van der Waals surface area (Å²) < 4.78 is 28.5. The normalized spacial score (nSPS) is 15.0. The standard InChI is InChI=1S/C26H28F2N5O3P/c1-6-8-11-30(4)24(35)16-32-15-17(3)33-22(25(32)36)13-20(29-33)19-10-9-18(7-2)12-21(19)31(5)23(34)14-26(27,28)37/h1-2,9-10,12-13,17H,8,11,14-16,37H2,3-5H3. The van der Waals surface area contributed by atoms with Crippen molar-refractivity contribution in [2.24, 2.45) is 0 Å². The summed E-state index contributed by atoms with van der Waals surface area (Å²) in [6, 6.07) is 6.14. The quantitative estimate of drug-likeness (QED) is 0.391. The van der Waals surface area contributed by atoms with Gasteiger partial charge in [0.1, 0.15) is 12.2 Å². The Bertz CT molecular complexity index is 1300. The second-order valence-electron chi connectivity index (χ2n) is 8.93. The van der Waals surface area contributed by atoms with Gasteiger partial charge in [-0.15, -0.1) is 18.8 Å². The van der Waals surface area contributed by atoms with Crippen molar-refractivity contribution in [3.8, 4) is 35.9 Å². The number of hydrogen-bond donors (Lipinski definition) is 0. The van der Waals surface area contributed by atoms with Crippen molar-refractivity contribution >= 4 is 32.6 Å². The monoisotopic (exact) mass is 527 g/mol. The van der Waals surface area contributed by atoms with Crippen molar-refractivity contribution < 1.29 is 23.2 Å². The van der Waals surface area contributed by atoms with Gasteiger partial charge in [0.15, 0.2) is 0 Å². The highest BCUT2D eigenvalue weighted by Crippen LogP contribution is 2.35. The molecule has 1 aromatic carbocycles. The topological polar surface area (TPSA) is 78.8 Å². The molecule has 0 saturated heterocycles. The molecule has 194 valence electrons. The maximum Gasteiger partial charge on any atom is 0.272 e. The Kier molecular flexibility index (Phi) is 8.35. The van der Waals surface area contributed by atoms with E-state index < -0.39 is 18.0 Å². The molecule has 1 aromatic heterocycles. The average Bonchev–Trinajstić information content (AvgIpc) is 3.30. The first-order chi connectivity index (χ1) is 17.4. The van der Waals surface area contributed by atoms with Gasteiger partial charge in [0.2, 0.25) is 11.8 Å². The molecule has 2 aromatic rings. The van der Waals surface area contributed by atoms with Gasteiger partial charge in [0, 0.05) is 44.7 Å². The fourth-order valence-electron chi connectivity index (χ4n) is 4.01. The summed E-state index contributed by atoms with van der Waals surface area (Å²) >= 11 is 0. The number of rotatable bonds is 8. The predicted molar refractivity (Wildman–Crippen MR) is 140 cm³/mol. The molecule has 2 unspecified atom stereocenters. The van der Waals surface area contributed by atoms with Crippen LogP contribution < -0.4 is 4.90 Å². The number of alkyl halides is 2. The summed E-state index contributed by atoms with van der Waals surface area (Å²) in [4.78, 5) is 42.4. The van der Waals surface area contributed by atoms with Gasteiger partial charge in [-0.2, -0.15) is 5.10 Å². The molecule has 2 heterocycles. The number of hydrogen-bond acceptors (Lipinski definition) is 4. The minimum Gasteiger partial charge on any atom is -0.343 e. The summed E-state index contributed by atoms with van der Waals surface area (Å²) in [7, 11) is 4.37. The van der Waals surface area contributed by atoms with Gasteiger partial charge in [-0.25, -0.2) is 8.78 Å². The third-order valence-corrected chi connectivity index (χ3v) is 6.25. The van der Waals surface area contributed by atoms with Gasteiger partial charge >= 0.3 is 0 Å². The number of carbonyl (C=O) groups is 3. The number of amides is 3. The van der Waals surface area contributed by atoms with E-state index in [2.05, 4.69) is 16.9 Å². The highest BCUT2D eigenvalue weighted by atomic mass is 31.0. The van der Waals surface area contributed by atoms with Crippen LogP contribution >= 0.6 is 9.24 Å². The molecule has 1 aliphatic rings. The van der Waals surface area contributed by atoms with Crippen LogP contribution in [0, 0.1) is 24.7 Å². The fourth-order valence-corrected chi connectivity index (χ4v) is 4.18. The lowest BCUT2D eigenvalue weighted by Crippen LogP contribution is -2.47. The zero-order valence-electron chi connectivity index (χ0n) is 20.9. The number of nitrogens with zero attached hydrogens (tertiary/aromatic N) is 5. The molecular weight excluding hydrogens is 499 g/mol. The van der Waals surface area contributed by atoms with Crippen LogP contribution in [0.5, 0.6) is 0 Å². The van der Waals surface area contributed by atoms with Crippen molar-refractivity contribution in [3.63, 3.8) is 0 Å². The number of likely N-dealkylation sites (N-methyl/N-ethyl adjacent to an activating group) is 1. The van der Waals surface area contributed by atoms with Crippen LogP contribution in [0.15, 0.2) is 24.3 Å². The van der Waals surface area contributed by atoms with Crippen LogP contribution in [0.4, 0.5) is 14.5 Å². The van der Waals surface area contributed by atoms with Gasteiger partial charge < -0.3 is 14.7 Å². The zero-order valence-corrected chi connectivity index (χ0v) is 22.0. The Morgan fingerprint density at radius 1 is 1.24 bits per heavy atom. The summed E-state index contributed by atoms with van der Waals surface area (Å²) in [6.07, 6.45) is 10.2. The van der Waals surface area contributed by atoms with Crippen LogP contribution in [-0.4, -0.2) is 76.7 Å². The molecule has 0 spiro atoms. The maximum absolute atomic E-state index is 13.5. The van der Waals surface area contributed by atoms with E-state index in [1.807, 2.05) is 6.92 Å². The Balaban J connectivity index is 1.94. The number of terminal acetylenes is 2. The predicted octanol–water partition coefficient (Wildman–Crippen LogP) is 2.85. The number of fused-ring (bicyclic) bond motifs is 1. The lowest BCUT2D eigenvalue weighted by Gasteiger charge is -2.32. The third kappa shape index (κ3) is 6.34. The van der Waals surface area contributed by atoms with E-state index >= 15 is 0 Å². The fraction of sp³-hybridized carbons (Fsp3) is 0.385. The second-order valence-corrected chi connectivity index (χ2v) is 9.78. The molecule has 1 aliphatic heterocycles. The van der Waals surface area contributed by atoms with E-state index in [-0.39, 0.29) is 42.3 Å². The molecular formula is C26H28F2N5O3P. The Morgan fingerprint density at radius 2 is 1.95 bits per heavy atom. The lowest BCUT2D eigenvalue weighted by atomic mass is 10.0. The Hall–Kier alpha value is -3.75. The smallest absolute Gasteiger partial charge is 0.272 e. The van der Waals surface area contributed by atoms with E-state index in [9.17, 15) is 23.2 Å². The largest absolute Gasteiger partial charge is 0.343 e. The summed E-state index contributed by atoms with van der Waals surface area (Å²) in [5, 5.41) is 4.58. The number of carbonyl (C=O) groups excluding carboxylic acids is 3. The first-order valence-electron chi connectivity index (χ1n) is 11.5. The van der Waals surface area contributed by atoms with Crippen LogP contribution in [0.2, 0.25) is 0 Å². The molecule has 0 N–H and O–H groups in total. The minimum atomic E-state index is -3.26. The molecule has 3 rings (SSSR count). The maximum atomic E-state index is 13.5. The molecule has 0 bridgehead atoms. The molecule has 0 fully saturated rings. The number of anilines is 1. The first-order valence-corrected chi connectivity index (χ1v) is 12.0. The lowest BCUT2D eigenvalue weighted by molar-refractivity contribution is -0.130. The zero-order chi connectivity index (χ0) is 27.5. The minimum absolute atomic E-state index is 0.104. The highest BCUT2D eigenvalue weighted by molar-refractivity contribution is 7.18. The number of benzene rings is 1. The molecule has 0 saturated carbocycles. The Labute approximate surface area is 217 Å². The van der Waals surface area contributed by atoms with Gasteiger partial charge in [-0.3, -0.25) is 19.1 Å². The molecule has 2 atom stereocenters. The molecule has 8 nitrogen and oxygen atoms in total. The molecule has 0 aliphatic carbocycles. The van der Waals surface area contributed by atoms with Crippen molar-refractivity contribution in [1.29, 1.82) is 0 Å². The van der Waals surface area contributed by atoms with Crippen LogP contribution in [0.25, 0.3) is 11.3 Å². The molecule has 3 amide bonds. The average molecular weight is 528 g/mol. The van der Waals surface area contributed by atoms with Crippen molar-refractivity contribution in [2.45, 2.75) is 31.5 Å². The first kappa shape index (κ1) is 27.8. The van der Waals surface area contributed by atoms with Crippen LogP contribution in [0.3, 0.4) is 0 Å². The van der Waals surface area contributed by atoms with Crippen molar-refractivity contribution in [1.82, 2.24) is 19.6 Å². The van der Waals surface area contributed by atoms with Gasteiger partial charge in [-0.1, -0.05) is 15.2 Å². The second kappa shape index (κ2) is 11.1. The van der Waals surface area contributed by atoms with Crippen LogP contribution in [-0.2, 0) is 9.59 Å². The van der Waals surface area contributed by atoms with Crippen molar-refractivity contribution in [2.75, 3.05) is 38.6 Å². The Morgan fingerprint density at radius 3 is 2.57 bits per heavy atom. The van der Waals surface area contributed by atoms with E-state index in [0.29, 0.717) is 29.8 Å². The summed E-state index contributed by atoms with van der Waals surface area (Å²) in [6.45, 7) is 2.42. The van der Waals surface area contributed by atoms with Gasteiger partial charge in [0.25, 0.3) is 11.6 Å². The van der Waals surface area contributed by atoms with Gasteiger partial charge in [0.05, 0.1) is 23.8 Å². The van der Waals surface area contributed by atoms with E-state index in [4.69, 9.17) is 12.8 Å². The van der Waals surface area contributed by atoms with E-state index in [1.54, 1.807) is 29.9 Å². The number of halogens is 2. The van der Waals surface area contributed by atoms with E-state index in [0.717, 1.165) is 4.90 Å². The van der Waals surface area contributed by atoms with Crippen LogP contribution in [0.1, 0.15) is 41.9 Å². The van der Waals surface area contributed by atoms with Crippen molar-refractivity contribution in [3.05, 3.63) is 35.5 Å². The molecule has 11 heteroatoms. The molecule has 0 radical (unpaired) electrons.